The van der Waals surface area contributed by atoms with E-state index < -0.39 is 0 Å². The van der Waals surface area contributed by atoms with E-state index in [2.05, 4.69) is 25.1 Å². The molecule has 0 atom stereocenters. The van der Waals surface area contributed by atoms with Crippen molar-refractivity contribution in [1.82, 2.24) is 0 Å². The fourth-order valence-corrected chi connectivity index (χ4v) is 1.89. The Morgan fingerprint density at radius 2 is 2.15 bits per heavy atom. The standard InChI is InChI=1S/C11H21NS/c1-9(2)5-4-6-11(13-3)12-10-7-8-10/h9-10H,4-8H2,1-3H3/b12-11+. The highest BCUT2D eigenvalue weighted by Crippen LogP contribution is 2.26. The van der Waals surface area contributed by atoms with Crippen LogP contribution in [0.25, 0.3) is 0 Å². The Balaban J connectivity index is 2.15. The second-order valence-electron chi connectivity index (χ2n) is 4.24. The zero-order valence-electron chi connectivity index (χ0n) is 9.05. The summed E-state index contributed by atoms with van der Waals surface area (Å²) in [5.41, 5.74) is 0. The van der Waals surface area contributed by atoms with Crippen molar-refractivity contribution in [2.75, 3.05) is 6.26 Å². The van der Waals surface area contributed by atoms with E-state index in [0.29, 0.717) is 6.04 Å². The van der Waals surface area contributed by atoms with Crippen LogP contribution in [0.2, 0.25) is 0 Å². The second kappa shape index (κ2) is 5.69. The lowest BCUT2D eigenvalue weighted by atomic mass is 10.1. The van der Waals surface area contributed by atoms with Crippen molar-refractivity contribution in [2.45, 2.75) is 52.0 Å². The second-order valence-corrected chi connectivity index (χ2v) is 5.12. The highest BCUT2D eigenvalue weighted by molar-refractivity contribution is 8.13. The Kier molecular flexibility index (Phi) is 4.86. The van der Waals surface area contributed by atoms with Crippen LogP contribution in [0.15, 0.2) is 4.99 Å². The molecule has 76 valence electrons. The molecule has 2 heteroatoms. The average Bonchev–Trinajstić information content (AvgIpc) is 2.86. The molecule has 1 fully saturated rings. The SMILES string of the molecule is CS/C(CCCC(C)C)=N/C1CC1. The molecule has 0 aromatic rings. The monoisotopic (exact) mass is 199 g/mol. The predicted octanol–water partition coefficient (Wildman–Crippen LogP) is 3.74. The molecule has 1 aliphatic carbocycles. The van der Waals surface area contributed by atoms with Gasteiger partial charge in [-0.15, -0.1) is 11.8 Å². The van der Waals surface area contributed by atoms with E-state index in [9.17, 15) is 0 Å². The summed E-state index contributed by atoms with van der Waals surface area (Å²) in [4.78, 5) is 4.68. The third-order valence-corrected chi connectivity index (χ3v) is 3.06. The van der Waals surface area contributed by atoms with Gasteiger partial charge in [0.2, 0.25) is 0 Å². The van der Waals surface area contributed by atoms with Gasteiger partial charge in [0.25, 0.3) is 0 Å². The molecule has 1 nitrogen and oxygen atoms in total. The Morgan fingerprint density at radius 3 is 2.62 bits per heavy atom. The van der Waals surface area contributed by atoms with Gasteiger partial charge in [-0.05, 0) is 37.9 Å². The van der Waals surface area contributed by atoms with Crippen molar-refractivity contribution < 1.29 is 0 Å². The van der Waals surface area contributed by atoms with Crippen molar-refractivity contribution >= 4 is 16.8 Å². The summed E-state index contributed by atoms with van der Waals surface area (Å²) in [6.45, 7) is 4.58. The van der Waals surface area contributed by atoms with Gasteiger partial charge in [0, 0.05) is 0 Å². The van der Waals surface area contributed by atoms with Crippen molar-refractivity contribution in [3.63, 3.8) is 0 Å². The number of thioether (sulfide) groups is 1. The lowest BCUT2D eigenvalue weighted by Gasteiger charge is -2.05. The highest BCUT2D eigenvalue weighted by atomic mass is 32.2. The van der Waals surface area contributed by atoms with Crippen molar-refractivity contribution in [3.8, 4) is 0 Å². The maximum Gasteiger partial charge on any atom is 0.0676 e. The topological polar surface area (TPSA) is 12.4 Å². The molecule has 0 amide bonds. The third kappa shape index (κ3) is 5.35. The molecule has 0 bridgehead atoms. The van der Waals surface area contributed by atoms with E-state index in [1.165, 1.54) is 37.1 Å². The van der Waals surface area contributed by atoms with Crippen molar-refractivity contribution in [2.24, 2.45) is 10.9 Å². The fourth-order valence-electron chi connectivity index (χ4n) is 1.29. The Bertz CT molecular complexity index is 171. The number of aliphatic imine (C=N–C) groups is 1. The van der Waals surface area contributed by atoms with Crippen LogP contribution in [0.4, 0.5) is 0 Å². The van der Waals surface area contributed by atoms with Gasteiger partial charge in [0.1, 0.15) is 0 Å². The van der Waals surface area contributed by atoms with E-state index in [0.717, 1.165) is 5.92 Å². The van der Waals surface area contributed by atoms with Gasteiger partial charge < -0.3 is 0 Å². The minimum absolute atomic E-state index is 0.696. The van der Waals surface area contributed by atoms with E-state index in [1.807, 2.05) is 11.8 Å². The van der Waals surface area contributed by atoms with E-state index in [4.69, 9.17) is 0 Å². The van der Waals surface area contributed by atoms with Crippen LogP contribution in [0, 0.1) is 5.92 Å². The molecule has 0 spiro atoms. The van der Waals surface area contributed by atoms with Gasteiger partial charge in [0.15, 0.2) is 0 Å². The highest BCUT2D eigenvalue weighted by Gasteiger charge is 2.20. The van der Waals surface area contributed by atoms with E-state index in [-0.39, 0.29) is 0 Å². The van der Waals surface area contributed by atoms with Gasteiger partial charge in [-0.25, -0.2) is 0 Å². The summed E-state index contributed by atoms with van der Waals surface area (Å²) in [6, 6.07) is 0.696. The largest absolute Gasteiger partial charge is 0.280 e. The van der Waals surface area contributed by atoms with Crippen LogP contribution >= 0.6 is 11.8 Å². The van der Waals surface area contributed by atoms with Crippen LogP contribution in [0.5, 0.6) is 0 Å². The fraction of sp³-hybridized carbons (Fsp3) is 0.909. The minimum atomic E-state index is 0.696. The molecule has 1 aliphatic rings. The molecule has 0 heterocycles. The normalized spacial score (nSPS) is 18.3. The molecular formula is C11H21NS. The summed E-state index contributed by atoms with van der Waals surface area (Å²) in [5, 5.41) is 1.38. The Hall–Kier alpha value is 0.0200. The number of hydrogen-bond donors (Lipinski definition) is 0. The van der Waals surface area contributed by atoms with Crippen molar-refractivity contribution in [1.29, 1.82) is 0 Å². The van der Waals surface area contributed by atoms with E-state index >= 15 is 0 Å². The van der Waals surface area contributed by atoms with Gasteiger partial charge in [-0.1, -0.05) is 20.3 Å². The summed E-state index contributed by atoms with van der Waals surface area (Å²) < 4.78 is 0. The average molecular weight is 199 g/mol. The summed E-state index contributed by atoms with van der Waals surface area (Å²) >= 11 is 1.84. The molecule has 1 rings (SSSR count). The number of rotatable bonds is 5. The molecule has 0 radical (unpaired) electrons. The van der Waals surface area contributed by atoms with Gasteiger partial charge >= 0.3 is 0 Å². The van der Waals surface area contributed by atoms with Crippen LogP contribution in [-0.2, 0) is 0 Å². The molecule has 0 aromatic carbocycles. The molecule has 0 N–H and O–H groups in total. The van der Waals surface area contributed by atoms with Crippen LogP contribution in [-0.4, -0.2) is 17.3 Å². The smallest absolute Gasteiger partial charge is 0.0676 e. The number of hydrogen-bond acceptors (Lipinski definition) is 2. The van der Waals surface area contributed by atoms with Crippen LogP contribution in [0.1, 0.15) is 46.0 Å². The van der Waals surface area contributed by atoms with Gasteiger partial charge in [-0.2, -0.15) is 0 Å². The van der Waals surface area contributed by atoms with Crippen LogP contribution in [0.3, 0.4) is 0 Å². The van der Waals surface area contributed by atoms with Crippen LogP contribution < -0.4 is 0 Å². The molecule has 0 aromatic heterocycles. The predicted molar refractivity (Wildman–Crippen MR) is 62.7 cm³/mol. The first-order valence-corrected chi connectivity index (χ1v) is 6.55. The molecule has 1 saturated carbocycles. The third-order valence-electron chi connectivity index (χ3n) is 2.28. The molecule has 13 heavy (non-hydrogen) atoms. The first-order chi connectivity index (χ1) is 6.22. The minimum Gasteiger partial charge on any atom is -0.280 e. The molecule has 0 saturated heterocycles. The van der Waals surface area contributed by atoms with Crippen molar-refractivity contribution in [3.05, 3.63) is 0 Å². The Morgan fingerprint density at radius 1 is 1.46 bits per heavy atom. The first-order valence-electron chi connectivity index (χ1n) is 5.33. The van der Waals surface area contributed by atoms with Gasteiger partial charge in [-0.3, -0.25) is 4.99 Å². The van der Waals surface area contributed by atoms with Gasteiger partial charge in [0.05, 0.1) is 11.1 Å². The lowest BCUT2D eigenvalue weighted by Crippen LogP contribution is -1.96. The molecular weight excluding hydrogens is 178 g/mol. The summed E-state index contributed by atoms with van der Waals surface area (Å²) in [6.07, 6.45) is 8.66. The lowest BCUT2D eigenvalue weighted by molar-refractivity contribution is 0.565. The first kappa shape index (κ1) is 11.1. The summed E-state index contributed by atoms with van der Waals surface area (Å²) in [5.74, 6) is 0.837. The maximum atomic E-state index is 4.68. The quantitative estimate of drug-likeness (QED) is 0.485. The zero-order valence-corrected chi connectivity index (χ0v) is 9.86. The molecule has 0 aliphatic heterocycles. The van der Waals surface area contributed by atoms with E-state index in [1.54, 1.807) is 0 Å². The Labute approximate surface area is 86.4 Å². The summed E-state index contributed by atoms with van der Waals surface area (Å²) in [7, 11) is 0. The molecule has 0 unspecified atom stereocenters. The number of nitrogens with zero attached hydrogens (tertiary/aromatic N) is 1. The maximum absolute atomic E-state index is 4.68. The zero-order chi connectivity index (χ0) is 9.68.